The Morgan fingerprint density at radius 1 is 0.423 bits per heavy atom. The molecule has 0 bridgehead atoms. The lowest BCUT2D eigenvalue weighted by Crippen LogP contribution is -1.93. The minimum Gasteiger partial charge on any atom is -0.253 e. The van der Waals surface area contributed by atoms with Gasteiger partial charge in [0.25, 0.3) is 0 Å². The van der Waals surface area contributed by atoms with Crippen LogP contribution >= 0.6 is 0 Å². The molecule has 4 rings (SSSR count). The van der Waals surface area contributed by atoms with E-state index in [1.165, 1.54) is 11.1 Å². The van der Waals surface area contributed by atoms with Crippen LogP contribution in [-0.4, -0.2) is 9.97 Å². The van der Waals surface area contributed by atoms with E-state index in [0.717, 1.165) is 33.9 Å². The van der Waals surface area contributed by atoms with Crippen molar-refractivity contribution in [1.82, 2.24) is 9.97 Å². The fraction of sp³-hybridized carbons (Fsp3) is 0.0833. The zero-order valence-corrected chi connectivity index (χ0v) is 15.0. The minimum atomic E-state index is 0.993. The summed E-state index contributed by atoms with van der Waals surface area (Å²) in [6, 6.07) is 29.2. The number of hydrogen-bond acceptors (Lipinski definition) is 2. The molecule has 0 saturated carbocycles. The first-order valence-electron chi connectivity index (χ1n) is 8.79. The highest BCUT2D eigenvalue weighted by molar-refractivity contribution is 5.90. The summed E-state index contributed by atoms with van der Waals surface area (Å²) in [4.78, 5) is 9.46. The first-order chi connectivity index (χ1) is 12.7. The molecule has 0 aliphatic heterocycles. The molecule has 0 amide bonds. The van der Waals surface area contributed by atoms with Gasteiger partial charge in [0, 0.05) is 22.5 Å². The van der Waals surface area contributed by atoms with Gasteiger partial charge in [-0.2, -0.15) is 0 Å². The maximum atomic E-state index is 4.73. The summed E-state index contributed by atoms with van der Waals surface area (Å²) in [7, 11) is 0. The Labute approximate surface area is 154 Å². The van der Waals surface area contributed by atoms with Crippen molar-refractivity contribution in [2.75, 3.05) is 0 Å². The van der Waals surface area contributed by atoms with Crippen LogP contribution in [0.25, 0.3) is 33.6 Å². The van der Waals surface area contributed by atoms with Crippen molar-refractivity contribution in [3.8, 4) is 33.6 Å². The first kappa shape index (κ1) is 16.2. The van der Waals surface area contributed by atoms with E-state index in [1.54, 1.807) is 0 Å². The zero-order valence-electron chi connectivity index (χ0n) is 15.0. The van der Waals surface area contributed by atoms with Gasteiger partial charge in [-0.05, 0) is 49.2 Å². The molecule has 0 fully saturated rings. The fourth-order valence-electron chi connectivity index (χ4n) is 3.27. The number of aromatic nitrogens is 2. The number of benzene rings is 2. The topological polar surface area (TPSA) is 25.8 Å². The van der Waals surface area contributed by atoms with Gasteiger partial charge in [-0.15, -0.1) is 0 Å². The summed E-state index contributed by atoms with van der Waals surface area (Å²) in [6.45, 7) is 4.05. The highest BCUT2D eigenvalue weighted by Gasteiger charge is 2.13. The Morgan fingerprint density at radius 3 is 1.19 bits per heavy atom. The third-order valence-corrected chi connectivity index (χ3v) is 4.47. The van der Waals surface area contributed by atoms with E-state index in [-0.39, 0.29) is 0 Å². The van der Waals surface area contributed by atoms with Crippen LogP contribution in [0.4, 0.5) is 0 Å². The molecule has 26 heavy (non-hydrogen) atoms. The van der Waals surface area contributed by atoms with Gasteiger partial charge in [0.1, 0.15) is 0 Å². The molecule has 2 heterocycles. The van der Waals surface area contributed by atoms with E-state index in [2.05, 4.69) is 72.8 Å². The minimum absolute atomic E-state index is 0.993. The molecule has 126 valence electrons. The molecule has 0 unspecified atom stereocenters. The maximum Gasteiger partial charge on any atom is 0.0711 e. The molecule has 0 saturated heterocycles. The number of nitrogens with zero attached hydrogens (tertiary/aromatic N) is 2. The Balaban J connectivity index is 1.93. The Kier molecular flexibility index (Phi) is 4.32. The highest BCUT2D eigenvalue weighted by Crippen LogP contribution is 2.36. The Hall–Kier alpha value is -3.26. The van der Waals surface area contributed by atoms with Crippen LogP contribution in [0.1, 0.15) is 11.4 Å². The van der Waals surface area contributed by atoms with Crippen molar-refractivity contribution in [3.05, 3.63) is 96.3 Å². The third-order valence-electron chi connectivity index (χ3n) is 4.47. The number of hydrogen-bond donors (Lipinski definition) is 0. The summed E-state index contributed by atoms with van der Waals surface area (Å²) in [5.41, 5.74) is 8.64. The summed E-state index contributed by atoms with van der Waals surface area (Å²) in [5, 5.41) is 0. The lowest BCUT2D eigenvalue weighted by molar-refractivity contribution is 1.20. The zero-order chi connectivity index (χ0) is 17.9. The van der Waals surface area contributed by atoms with E-state index in [1.807, 2.05) is 26.0 Å². The molecule has 0 atom stereocenters. The second-order valence-electron chi connectivity index (χ2n) is 6.42. The lowest BCUT2D eigenvalue weighted by Gasteiger charge is -2.14. The largest absolute Gasteiger partial charge is 0.253 e. The SMILES string of the molecule is Cc1cccc(-c2ccccc2-c2ccccc2-c2cccc(C)n2)n1. The van der Waals surface area contributed by atoms with Crippen LogP contribution in [0.15, 0.2) is 84.9 Å². The van der Waals surface area contributed by atoms with E-state index < -0.39 is 0 Å². The molecular weight excluding hydrogens is 316 g/mol. The lowest BCUT2D eigenvalue weighted by atomic mass is 9.92. The first-order valence-corrected chi connectivity index (χ1v) is 8.79. The smallest absolute Gasteiger partial charge is 0.0711 e. The monoisotopic (exact) mass is 336 g/mol. The summed E-state index contributed by atoms with van der Waals surface area (Å²) < 4.78 is 0. The van der Waals surface area contributed by atoms with Crippen LogP contribution in [0.5, 0.6) is 0 Å². The Bertz CT molecular complexity index is 980. The summed E-state index contributed by atoms with van der Waals surface area (Å²) >= 11 is 0. The Morgan fingerprint density at radius 2 is 0.808 bits per heavy atom. The van der Waals surface area contributed by atoms with Gasteiger partial charge < -0.3 is 0 Å². The average molecular weight is 336 g/mol. The molecule has 2 heteroatoms. The van der Waals surface area contributed by atoms with Crippen molar-refractivity contribution >= 4 is 0 Å². The molecule has 0 N–H and O–H groups in total. The average Bonchev–Trinajstić information content (AvgIpc) is 2.68. The third kappa shape index (κ3) is 3.14. The molecule has 4 aromatic rings. The molecule has 0 aliphatic rings. The van der Waals surface area contributed by atoms with Gasteiger partial charge in [-0.3, -0.25) is 9.97 Å². The van der Waals surface area contributed by atoms with Crippen LogP contribution < -0.4 is 0 Å². The van der Waals surface area contributed by atoms with Gasteiger partial charge in [0.2, 0.25) is 0 Å². The molecule has 2 aromatic heterocycles. The second kappa shape index (κ2) is 6.93. The maximum absolute atomic E-state index is 4.73. The van der Waals surface area contributed by atoms with Crippen molar-refractivity contribution in [2.24, 2.45) is 0 Å². The second-order valence-corrected chi connectivity index (χ2v) is 6.42. The molecular formula is C24H20N2. The van der Waals surface area contributed by atoms with Crippen LogP contribution in [0, 0.1) is 13.8 Å². The fourth-order valence-corrected chi connectivity index (χ4v) is 3.27. The van der Waals surface area contributed by atoms with Crippen molar-refractivity contribution in [3.63, 3.8) is 0 Å². The van der Waals surface area contributed by atoms with Crippen molar-refractivity contribution < 1.29 is 0 Å². The van der Waals surface area contributed by atoms with Gasteiger partial charge >= 0.3 is 0 Å². The van der Waals surface area contributed by atoms with Gasteiger partial charge in [0.15, 0.2) is 0 Å². The molecule has 0 aliphatic carbocycles. The predicted molar refractivity (Wildman–Crippen MR) is 108 cm³/mol. The van der Waals surface area contributed by atoms with Crippen LogP contribution in [-0.2, 0) is 0 Å². The van der Waals surface area contributed by atoms with Gasteiger partial charge in [-0.25, -0.2) is 0 Å². The van der Waals surface area contributed by atoms with E-state index in [9.17, 15) is 0 Å². The van der Waals surface area contributed by atoms with Crippen LogP contribution in [0.3, 0.4) is 0 Å². The quantitative estimate of drug-likeness (QED) is 0.452. The summed E-state index contributed by atoms with van der Waals surface area (Å²) in [6.07, 6.45) is 0. The molecule has 2 aromatic carbocycles. The predicted octanol–water partition coefficient (Wildman–Crippen LogP) is 6.09. The number of aryl methyl sites for hydroxylation is 2. The van der Waals surface area contributed by atoms with Gasteiger partial charge in [0.05, 0.1) is 11.4 Å². The molecule has 0 spiro atoms. The van der Waals surface area contributed by atoms with Crippen molar-refractivity contribution in [1.29, 1.82) is 0 Å². The molecule has 0 radical (unpaired) electrons. The molecule has 2 nitrogen and oxygen atoms in total. The van der Waals surface area contributed by atoms with Crippen LogP contribution in [0.2, 0.25) is 0 Å². The number of pyridine rings is 2. The normalized spacial score (nSPS) is 10.7. The highest BCUT2D eigenvalue weighted by atomic mass is 14.7. The summed E-state index contributed by atoms with van der Waals surface area (Å²) in [5.74, 6) is 0. The van der Waals surface area contributed by atoms with Crippen molar-refractivity contribution in [2.45, 2.75) is 13.8 Å². The standard InChI is InChI=1S/C24H20N2/c1-17-9-7-15-23(25-17)21-13-5-3-11-19(21)20-12-4-6-14-22(20)24-16-8-10-18(2)26-24/h3-16H,1-2H3. The van der Waals surface area contributed by atoms with E-state index in [0.29, 0.717) is 0 Å². The van der Waals surface area contributed by atoms with Gasteiger partial charge in [-0.1, -0.05) is 60.7 Å². The van der Waals surface area contributed by atoms with E-state index in [4.69, 9.17) is 9.97 Å². The number of rotatable bonds is 3. The van der Waals surface area contributed by atoms with E-state index >= 15 is 0 Å².